The van der Waals surface area contributed by atoms with E-state index in [0.29, 0.717) is 5.56 Å². The van der Waals surface area contributed by atoms with Gasteiger partial charge < -0.3 is 4.74 Å². The number of benzene rings is 2. The Morgan fingerprint density at radius 3 is 2.28 bits per heavy atom. The molecular formula is C20H22N2O6S. The third-order valence-corrected chi connectivity index (χ3v) is 5.84. The Hall–Kier alpha value is -3.20. The molecule has 0 aliphatic heterocycles. The molecule has 0 bridgehead atoms. The smallest absolute Gasteiger partial charge is 0.307 e. The van der Waals surface area contributed by atoms with Gasteiger partial charge in [0.15, 0.2) is 16.4 Å². The van der Waals surface area contributed by atoms with Crippen molar-refractivity contribution in [2.45, 2.75) is 25.2 Å². The van der Waals surface area contributed by atoms with Gasteiger partial charge in [-0.15, -0.1) is 0 Å². The van der Waals surface area contributed by atoms with Gasteiger partial charge in [-0.1, -0.05) is 24.3 Å². The van der Waals surface area contributed by atoms with E-state index in [1.807, 2.05) is 6.92 Å². The summed E-state index contributed by atoms with van der Waals surface area (Å²) in [7, 11) is -3.64. The highest BCUT2D eigenvalue weighted by Gasteiger charge is 2.18. The molecule has 0 aliphatic carbocycles. The molecule has 2 rings (SSSR count). The first-order valence-corrected chi connectivity index (χ1v) is 10.4. The van der Waals surface area contributed by atoms with Crippen LogP contribution in [-0.2, 0) is 24.2 Å². The zero-order valence-corrected chi connectivity index (χ0v) is 16.9. The largest absolute Gasteiger partial charge is 0.455 e. The zero-order valence-electron chi connectivity index (χ0n) is 16.1. The van der Waals surface area contributed by atoms with Crippen LogP contribution in [0, 0.1) is 13.8 Å². The summed E-state index contributed by atoms with van der Waals surface area (Å²) in [5.41, 5.74) is 6.45. The number of hydrogen-bond donors (Lipinski definition) is 2. The number of aryl methyl sites for hydroxylation is 2. The second-order valence-corrected chi connectivity index (χ2v) is 8.45. The second kappa shape index (κ2) is 9.83. The molecule has 0 atom stereocenters. The van der Waals surface area contributed by atoms with Gasteiger partial charge in [-0.05, 0) is 49.2 Å². The van der Waals surface area contributed by atoms with E-state index in [1.54, 1.807) is 49.4 Å². The summed E-state index contributed by atoms with van der Waals surface area (Å²) in [5, 5.41) is 0. The SMILES string of the molecule is Cc1ccc(S(=O)(=O)CCC(=O)OCC(=O)NNC(=O)c2ccccc2)cc1C. The number of amides is 2. The van der Waals surface area contributed by atoms with E-state index >= 15 is 0 Å². The van der Waals surface area contributed by atoms with Crippen molar-refractivity contribution in [3.05, 3.63) is 65.2 Å². The topological polar surface area (TPSA) is 119 Å². The Balaban J connectivity index is 1.75. The monoisotopic (exact) mass is 418 g/mol. The molecule has 29 heavy (non-hydrogen) atoms. The summed E-state index contributed by atoms with van der Waals surface area (Å²) >= 11 is 0. The normalized spacial score (nSPS) is 10.8. The van der Waals surface area contributed by atoms with Gasteiger partial charge in [0.05, 0.1) is 17.1 Å². The summed E-state index contributed by atoms with van der Waals surface area (Å²) in [6.07, 6.45) is -0.390. The first-order chi connectivity index (χ1) is 13.7. The van der Waals surface area contributed by atoms with Gasteiger partial charge in [-0.3, -0.25) is 25.2 Å². The molecular weight excluding hydrogens is 396 g/mol. The Morgan fingerprint density at radius 1 is 0.931 bits per heavy atom. The lowest BCUT2D eigenvalue weighted by molar-refractivity contribution is -0.148. The van der Waals surface area contributed by atoms with E-state index in [1.165, 1.54) is 6.07 Å². The first kappa shape index (κ1) is 22.1. The Labute approximate surface area is 169 Å². The van der Waals surface area contributed by atoms with Crippen LogP contribution < -0.4 is 10.9 Å². The Morgan fingerprint density at radius 2 is 1.62 bits per heavy atom. The van der Waals surface area contributed by atoms with Crippen LogP contribution in [0.15, 0.2) is 53.4 Å². The standard InChI is InChI=1S/C20H22N2O6S/c1-14-8-9-17(12-15(14)2)29(26,27)11-10-19(24)28-13-18(23)21-22-20(25)16-6-4-3-5-7-16/h3-9,12H,10-11,13H2,1-2H3,(H,21,23)(H,22,25). The van der Waals surface area contributed by atoms with Gasteiger partial charge in [0, 0.05) is 5.56 Å². The third kappa shape index (κ3) is 6.72. The van der Waals surface area contributed by atoms with Crippen LogP contribution in [0.1, 0.15) is 27.9 Å². The summed E-state index contributed by atoms with van der Waals surface area (Å²) in [6, 6.07) is 13.0. The molecule has 0 spiro atoms. The summed E-state index contributed by atoms with van der Waals surface area (Å²) in [4.78, 5) is 35.3. The highest BCUT2D eigenvalue weighted by atomic mass is 32.2. The number of ether oxygens (including phenoxy) is 1. The summed E-state index contributed by atoms with van der Waals surface area (Å²) in [6.45, 7) is 3.03. The fraction of sp³-hybridized carbons (Fsp3) is 0.250. The van der Waals surface area contributed by atoms with Crippen molar-refractivity contribution in [2.24, 2.45) is 0 Å². The first-order valence-electron chi connectivity index (χ1n) is 8.79. The molecule has 0 saturated carbocycles. The van der Waals surface area contributed by atoms with Crippen molar-refractivity contribution >= 4 is 27.6 Å². The number of nitrogens with one attached hydrogen (secondary N) is 2. The molecule has 9 heteroatoms. The molecule has 0 saturated heterocycles. The van der Waals surface area contributed by atoms with E-state index < -0.39 is 40.0 Å². The number of hydrogen-bond acceptors (Lipinski definition) is 6. The minimum absolute atomic E-state index is 0.134. The van der Waals surface area contributed by atoms with Crippen molar-refractivity contribution in [1.82, 2.24) is 10.9 Å². The molecule has 0 aromatic heterocycles. The highest BCUT2D eigenvalue weighted by molar-refractivity contribution is 7.91. The molecule has 2 N–H and O–H groups in total. The average Bonchev–Trinajstić information content (AvgIpc) is 2.71. The Kier molecular flexibility index (Phi) is 7.49. The van der Waals surface area contributed by atoms with Crippen LogP contribution in [0.3, 0.4) is 0 Å². The minimum Gasteiger partial charge on any atom is -0.455 e. The van der Waals surface area contributed by atoms with Gasteiger partial charge in [0.1, 0.15) is 0 Å². The highest BCUT2D eigenvalue weighted by Crippen LogP contribution is 2.16. The van der Waals surface area contributed by atoms with Crippen LogP contribution in [-0.4, -0.2) is 38.6 Å². The van der Waals surface area contributed by atoms with Crippen molar-refractivity contribution in [3.8, 4) is 0 Å². The molecule has 8 nitrogen and oxygen atoms in total. The van der Waals surface area contributed by atoms with Crippen LogP contribution in [0.25, 0.3) is 0 Å². The fourth-order valence-corrected chi connectivity index (χ4v) is 3.59. The fourth-order valence-electron chi connectivity index (χ4n) is 2.29. The quantitative estimate of drug-likeness (QED) is 0.519. The van der Waals surface area contributed by atoms with Crippen molar-refractivity contribution in [2.75, 3.05) is 12.4 Å². The van der Waals surface area contributed by atoms with Gasteiger partial charge in [-0.25, -0.2) is 8.42 Å². The number of hydrazine groups is 1. The number of rotatable bonds is 7. The third-order valence-electron chi connectivity index (χ3n) is 4.13. The summed E-state index contributed by atoms with van der Waals surface area (Å²) in [5.74, 6) is -2.54. The van der Waals surface area contributed by atoms with Crippen LogP contribution >= 0.6 is 0 Å². The lowest BCUT2D eigenvalue weighted by atomic mass is 10.1. The van der Waals surface area contributed by atoms with Crippen LogP contribution in [0.4, 0.5) is 0 Å². The van der Waals surface area contributed by atoms with E-state index in [2.05, 4.69) is 10.9 Å². The number of esters is 1. The molecule has 154 valence electrons. The van der Waals surface area contributed by atoms with Crippen molar-refractivity contribution < 1.29 is 27.5 Å². The molecule has 0 unspecified atom stereocenters. The van der Waals surface area contributed by atoms with Gasteiger partial charge >= 0.3 is 5.97 Å². The van der Waals surface area contributed by atoms with Crippen LogP contribution in [0.2, 0.25) is 0 Å². The predicted octanol–water partition coefficient (Wildman–Crippen LogP) is 1.47. The van der Waals surface area contributed by atoms with Gasteiger partial charge in [0.25, 0.3) is 11.8 Å². The van der Waals surface area contributed by atoms with E-state index in [4.69, 9.17) is 4.74 Å². The minimum atomic E-state index is -3.64. The molecule has 2 aromatic rings. The molecule has 0 aliphatic rings. The van der Waals surface area contributed by atoms with Crippen molar-refractivity contribution in [3.63, 3.8) is 0 Å². The number of carbonyl (C=O) groups is 3. The predicted molar refractivity (Wildman–Crippen MR) is 106 cm³/mol. The Bertz CT molecular complexity index is 1000. The number of carbonyl (C=O) groups excluding carboxylic acids is 3. The average molecular weight is 418 g/mol. The molecule has 0 radical (unpaired) electrons. The van der Waals surface area contributed by atoms with Crippen molar-refractivity contribution in [1.29, 1.82) is 0 Å². The van der Waals surface area contributed by atoms with E-state index in [-0.39, 0.29) is 11.3 Å². The van der Waals surface area contributed by atoms with Gasteiger partial charge in [0.2, 0.25) is 0 Å². The lowest BCUT2D eigenvalue weighted by Crippen LogP contribution is -2.43. The number of sulfone groups is 1. The molecule has 0 heterocycles. The van der Waals surface area contributed by atoms with Gasteiger partial charge in [-0.2, -0.15) is 0 Å². The maximum atomic E-state index is 12.3. The second-order valence-electron chi connectivity index (χ2n) is 6.34. The zero-order chi connectivity index (χ0) is 21.4. The van der Waals surface area contributed by atoms with Crippen LogP contribution in [0.5, 0.6) is 0 Å². The van der Waals surface area contributed by atoms with E-state index in [9.17, 15) is 22.8 Å². The maximum absolute atomic E-state index is 12.3. The maximum Gasteiger partial charge on any atom is 0.307 e. The molecule has 2 aromatic carbocycles. The van der Waals surface area contributed by atoms with E-state index in [0.717, 1.165) is 11.1 Å². The summed E-state index contributed by atoms with van der Waals surface area (Å²) < 4.78 is 29.4. The lowest BCUT2D eigenvalue weighted by Gasteiger charge is -2.09. The molecule has 2 amide bonds. The molecule has 0 fully saturated rings.